The summed E-state index contributed by atoms with van der Waals surface area (Å²) in [4.78, 5) is 27.6. The number of imide groups is 1. The molecule has 356 valence electrons. The van der Waals surface area contributed by atoms with Crippen molar-refractivity contribution in [3.05, 3.63) is 209 Å². The Morgan fingerprint density at radius 2 is 1.07 bits per heavy atom. The zero-order valence-electron chi connectivity index (χ0n) is 38.4. The molecular formula is C56H56N2O10S. The molecule has 13 heteroatoms. The lowest BCUT2D eigenvalue weighted by molar-refractivity contribution is -0.321. The number of ether oxygens (including phenoxy) is 5. The van der Waals surface area contributed by atoms with Crippen LogP contribution in [0.1, 0.15) is 69.2 Å². The predicted octanol–water partition coefficient (Wildman–Crippen LogP) is 9.09. The Bertz CT molecular complexity index is 2900. The van der Waals surface area contributed by atoms with Gasteiger partial charge in [-0.3, -0.25) is 14.5 Å². The molecular weight excluding hydrogens is 893 g/mol. The second kappa shape index (κ2) is 21.6. The van der Waals surface area contributed by atoms with Crippen LogP contribution in [0, 0.1) is 0 Å². The van der Waals surface area contributed by atoms with Crippen LogP contribution in [-0.4, -0.2) is 84.5 Å². The van der Waals surface area contributed by atoms with Crippen LogP contribution >= 0.6 is 0 Å². The number of aliphatic hydroxyl groups is 1. The first-order chi connectivity index (χ1) is 33.7. The smallest absolute Gasteiger partial charge is 0.268 e. The molecule has 6 atom stereocenters. The van der Waals surface area contributed by atoms with Crippen molar-refractivity contribution < 1.29 is 46.8 Å². The summed E-state index contributed by atoms with van der Waals surface area (Å²) >= 11 is 0. The number of benzene rings is 6. The fraction of sp³-hybridized carbons (Fsp3) is 0.286. The van der Waals surface area contributed by atoms with Gasteiger partial charge in [0, 0.05) is 36.9 Å². The summed E-state index contributed by atoms with van der Waals surface area (Å²) in [5.41, 5.74) is 2.37. The summed E-state index contributed by atoms with van der Waals surface area (Å²) in [5.74, 6) is -0.599. The third-order valence-electron chi connectivity index (χ3n) is 13.0. The van der Waals surface area contributed by atoms with Crippen molar-refractivity contribution in [2.75, 3.05) is 19.8 Å². The largest absolute Gasteiger partial charge is 0.387 e. The number of carbonyl (C=O) groups excluding carboxylic acids is 2. The Labute approximate surface area is 403 Å². The van der Waals surface area contributed by atoms with Crippen LogP contribution in [0.2, 0.25) is 0 Å². The third-order valence-corrected chi connectivity index (χ3v) is 14.6. The summed E-state index contributed by atoms with van der Waals surface area (Å²) in [7, 11) is -4.18. The molecule has 2 amide bonds. The first-order valence-electron chi connectivity index (χ1n) is 23.5. The molecule has 9 rings (SSSR count). The van der Waals surface area contributed by atoms with Gasteiger partial charge in [-0.15, -0.1) is 0 Å². The lowest BCUT2D eigenvalue weighted by Gasteiger charge is -2.55. The van der Waals surface area contributed by atoms with Gasteiger partial charge in [0.1, 0.15) is 30.5 Å². The molecule has 0 bridgehead atoms. The summed E-state index contributed by atoms with van der Waals surface area (Å²) in [5, 5.41) is 14.0. The second-order valence-corrected chi connectivity index (χ2v) is 19.1. The van der Waals surface area contributed by atoms with Crippen LogP contribution in [-0.2, 0) is 59.1 Å². The van der Waals surface area contributed by atoms with Gasteiger partial charge in [0.15, 0.2) is 5.60 Å². The van der Waals surface area contributed by atoms with Gasteiger partial charge in [-0.25, -0.2) is 12.4 Å². The quantitative estimate of drug-likeness (QED) is 0.0548. The molecule has 6 aromatic carbocycles. The highest BCUT2D eigenvalue weighted by Crippen LogP contribution is 2.49. The average molecular weight is 949 g/mol. The first kappa shape index (κ1) is 47.8. The van der Waals surface area contributed by atoms with Crippen molar-refractivity contribution in [3.63, 3.8) is 0 Å². The van der Waals surface area contributed by atoms with Crippen LogP contribution in [0.25, 0.3) is 10.9 Å². The third kappa shape index (κ3) is 9.82. The van der Waals surface area contributed by atoms with Crippen molar-refractivity contribution in [3.8, 4) is 0 Å². The van der Waals surface area contributed by atoms with E-state index < -0.39 is 46.1 Å². The predicted molar refractivity (Wildman–Crippen MR) is 261 cm³/mol. The zero-order chi connectivity index (χ0) is 47.8. The van der Waals surface area contributed by atoms with E-state index in [-0.39, 0.29) is 56.3 Å². The standard InChI is InChI=1S/C56H56N2O10S/c1-2-68-56(47-36-58(48-33-19-18-32-46(47)48)69(62,63)43-28-14-6-15-29-43)52(59)50(64-35-21-7-20-34-57-54(60)44-30-16-17-31-45(44)55(57)61)49(65-37-40-22-8-3-9-23-40)51(66-38-41-24-10-4-11-25-41)53(56)67-39-42-26-12-5-13-27-42/h3-6,8-19,22-33,36,49-53,59H,2,7,20-21,34-35,37-39H2,1H3. The van der Waals surface area contributed by atoms with Gasteiger partial charge in [0.05, 0.1) is 41.4 Å². The van der Waals surface area contributed by atoms with Crippen LogP contribution < -0.4 is 0 Å². The number of aromatic nitrogens is 1. The van der Waals surface area contributed by atoms with E-state index in [0.29, 0.717) is 46.9 Å². The Balaban J connectivity index is 1.13. The van der Waals surface area contributed by atoms with Crippen molar-refractivity contribution in [1.29, 1.82) is 0 Å². The Morgan fingerprint density at radius 3 is 1.65 bits per heavy atom. The lowest BCUT2D eigenvalue weighted by atomic mass is 9.70. The van der Waals surface area contributed by atoms with Gasteiger partial charge in [0.25, 0.3) is 21.8 Å². The van der Waals surface area contributed by atoms with Crippen molar-refractivity contribution in [2.24, 2.45) is 0 Å². The Morgan fingerprint density at radius 1 is 0.565 bits per heavy atom. The van der Waals surface area contributed by atoms with Gasteiger partial charge in [-0.05, 0) is 73.2 Å². The number of aliphatic hydroxyl groups excluding tert-OH is 1. The number of fused-ring (bicyclic) bond motifs is 2. The SMILES string of the molecule is CCOC1(c2cn(S(=O)(=O)c3ccccc3)c3ccccc23)C(O)C(OCCCCCN2C(=O)c3ccccc3C2=O)C(OCc2ccccc2)C(OCc2ccccc2)C1OCc1ccccc1. The molecule has 1 aliphatic heterocycles. The van der Waals surface area contributed by atoms with Gasteiger partial charge < -0.3 is 28.8 Å². The highest BCUT2D eigenvalue weighted by Gasteiger charge is 2.64. The number of nitrogens with zero attached hydrogens (tertiary/aromatic N) is 2. The normalized spacial score (nSPS) is 21.5. The minimum absolute atomic E-state index is 0.0820. The van der Waals surface area contributed by atoms with Gasteiger partial charge >= 0.3 is 0 Å². The molecule has 7 aromatic rings. The fourth-order valence-electron chi connectivity index (χ4n) is 9.64. The summed E-state index contributed by atoms with van der Waals surface area (Å²) < 4.78 is 65.5. The highest BCUT2D eigenvalue weighted by atomic mass is 32.2. The van der Waals surface area contributed by atoms with E-state index in [9.17, 15) is 23.1 Å². The Kier molecular flexibility index (Phi) is 14.9. The van der Waals surface area contributed by atoms with Crippen molar-refractivity contribution in [2.45, 2.75) is 87.0 Å². The number of para-hydroxylation sites is 1. The molecule has 1 aromatic heterocycles. The van der Waals surface area contributed by atoms with Gasteiger partial charge in [0.2, 0.25) is 0 Å². The maximum absolute atomic E-state index is 14.7. The van der Waals surface area contributed by atoms with Crippen LogP contribution in [0.5, 0.6) is 0 Å². The molecule has 1 saturated carbocycles. The topological polar surface area (TPSA) is 143 Å². The number of rotatable bonds is 21. The number of hydrogen-bond donors (Lipinski definition) is 1. The maximum Gasteiger partial charge on any atom is 0.268 e. The molecule has 1 aliphatic carbocycles. The lowest BCUT2D eigenvalue weighted by Crippen LogP contribution is -2.71. The van der Waals surface area contributed by atoms with Crippen LogP contribution in [0.4, 0.5) is 0 Å². The minimum Gasteiger partial charge on any atom is -0.387 e. The zero-order valence-corrected chi connectivity index (χ0v) is 39.2. The average Bonchev–Trinajstić information content (AvgIpc) is 3.90. The molecule has 1 N–H and O–H groups in total. The van der Waals surface area contributed by atoms with Gasteiger partial charge in [-0.1, -0.05) is 140 Å². The van der Waals surface area contributed by atoms with E-state index >= 15 is 0 Å². The number of unbranched alkanes of at least 4 members (excludes halogenated alkanes) is 2. The van der Waals surface area contributed by atoms with E-state index in [1.165, 1.54) is 8.87 Å². The molecule has 2 aliphatic rings. The molecule has 69 heavy (non-hydrogen) atoms. The first-order valence-corrected chi connectivity index (χ1v) is 24.9. The monoisotopic (exact) mass is 948 g/mol. The molecule has 0 spiro atoms. The second-order valence-electron chi connectivity index (χ2n) is 17.3. The molecule has 12 nitrogen and oxygen atoms in total. The van der Waals surface area contributed by atoms with E-state index in [1.807, 2.05) is 110 Å². The molecule has 6 unspecified atom stereocenters. The molecule has 1 fully saturated rings. The highest BCUT2D eigenvalue weighted by molar-refractivity contribution is 7.90. The summed E-state index contributed by atoms with van der Waals surface area (Å²) in [6, 6.07) is 51.3. The van der Waals surface area contributed by atoms with Crippen molar-refractivity contribution >= 4 is 32.7 Å². The number of hydrogen-bond acceptors (Lipinski definition) is 10. The van der Waals surface area contributed by atoms with E-state index in [4.69, 9.17) is 23.7 Å². The number of carbonyl (C=O) groups is 2. The molecule has 0 saturated heterocycles. The number of amides is 2. The molecule has 2 heterocycles. The van der Waals surface area contributed by atoms with E-state index in [1.54, 1.807) is 72.9 Å². The Hall–Kier alpha value is -6.29. The van der Waals surface area contributed by atoms with E-state index in [2.05, 4.69) is 0 Å². The van der Waals surface area contributed by atoms with Crippen LogP contribution in [0.3, 0.4) is 0 Å². The molecule has 0 radical (unpaired) electrons. The summed E-state index contributed by atoms with van der Waals surface area (Å²) in [6.07, 6.45) is -2.55. The van der Waals surface area contributed by atoms with Crippen molar-refractivity contribution in [1.82, 2.24) is 8.87 Å². The van der Waals surface area contributed by atoms with E-state index in [0.717, 1.165) is 16.7 Å². The minimum atomic E-state index is -4.18. The maximum atomic E-state index is 14.7. The fourth-order valence-corrected chi connectivity index (χ4v) is 11.0. The summed E-state index contributed by atoms with van der Waals surface area (Å²) in [6.45, 7) is 2.68. The van der Waals surface area contributed by atoms with Gasteiger partial charge in [-0.2, -0.15) is 0 Å². The van der Waals surface area contributed by atoms with Crippen LogP contribution in [0.15, 0.2) is 181 Å².